The lowest BCUT2D eigenvalue weighted by atomic mass is 10.6. The SMILES string of the molecule is NN1CNCC1=O. The van der Waals surface area contributed by atoms with Crippen LogP contribution in [0.15, 0.2) is 0 Å². The van der Waals surface area contributed by atoms with Crippen molar-refractivity contribution in [2.45, 2.75) is 0 Å². The highest BCUT2D eigenvalue weighted by atomic mass is 16.2. The third-order valence-corrected chi connectivity index (χ3v) is 0.879. The fourth-order valence-corrected chi connectivity index (χ4v) is 0.473. The van der Waals surface area contributed by atoms with Crippen LogP contribution in [-0.2, 0) is 4.79 Å². The Morgan fingerprint density at radius 3 is 2.71 bits per heavy atom. The number of amides is 1. The van der Waals surface area contributed by atoms with Crippen LogP contribution >= 0.6 is 0 Å². The molecule has 1 saturated heterocycles. The van der Waals surface area contributed by atoms with E-state index in [0.29, 0.717) is 13.2 Å². The second-order valence-corrected chi connectivity index (χ2v) is 1.45. The van der Waals surface area contributed by atoms with Gasteiger partial charge in [0.05, 0.1) is 13.2 Å². The molecule has 40 valence electrons. The highest BCUT2D eigenvalue weighted by Crippen LogP contribution is 1.82. The summed E-state index contributed by atoms with van der Waals surface area (Å²) in [4.78, 5) is 10.3. The summed E-state index contributed by atoms with van der Waals surface area (Å²) < 4.78 is 0. The summed E-state index contributed by atoms with van der Waals surface area (Å²) in [7, 11) is 0. The highest BCUT2D eigenvalue weighted by molar-refractivity contribution is 5.79. The molecule has 1 aliphatic rings. The quantitative estimate of drug-likeness (QED) is 0.281. The van der Waals surface area contributed by atoms with Crippen molar-refractivity contribution in [3.8, 4) is 0 Å². The topological polar surface area (TPSA) is 58.4 Å². The molecule has 0 radical (unpaired) electrons. The molecule has 4 nitrogen and oxygen atoms in total. The molecule has 1 aliphatic heterocycles. The molecule has 1 amide bonds. The Hall–Kier alpha value is -0.610. The van der Waals surface area contributed by atoms with Crippen molar-refractivity contribution >= 4 is 5.91 Å². The number of carbonyl (C=O) groups is 1. The van der Waals surface area contributed by atoms with Gasteiger partial charge in [-0.1, -0.05) is 0 Å². The second-order valence-electron chi connectivity index (χ2n) is 1.45. The fourth-order valence-electron chi connectivity index (χ4n) is 0.473. The van der Waals surface area contributed by atoms with Crippen LogP contribution in [0.25, 0.3) is 0 Å². The van der Waals surface area contributed by atoms with Gasteiger partial charge >= 0.3 is 0 Å². The van der Waals surface area contributed by atoms with Crippen LogP contribution in [-0.4, -0.2) is 24.1 Å². The summed E-state index contributed by atoms with van der Waals surface area (Å²) in [5.41, 5.74) is 0. The lowest BCUT2D eigenvalue weighted by Gasteiger charge is -2.01. The maximum Gasteiger partial charge on any atom is 0.251 e. The van der Waals surface area contributed by atoms with Crippen molar-refractivity contribution in [1.82, 2.24) is 10.3 Å². The van der Waals surface area contributed by atoms with Crippen LogP contribution < -0.4 is 11.2 Å². The average Bonchev–Trinajstić information content (AvgIpc) is 1.91. The van der Waals surface area contributed by atoms with Gasteiger partial charge in [-0.05, 0) is 0 Å². The number of hydrazine groups is 1. The first-order chi connectivity index (χ1) is 3.30. The first-order valence-electron chi connectivity index (χ1n) is 2.06. The van der Waals surface area contributed by atoms with Crippen LogP contribution in [0.5, 0.6) is 0 Å². The van der Waals surface area contributed by atoms with Gasteiger partial charge in [-0.25, -0.2) is 5.84 Å². The van der Waals surface area contributed by atoms with E-state index in [1.165, 1.54) is 0 Å². The van der Waals surface area contributed by atoms with Gasteiger partial charge in [-0.3, -0.25) is 15.1 Å². The molecule has 1 fully saturated rings. The molecule has 0 aromatic carbocycles. The summed E-state index contributed by atoms with van der Waals surface area (Å²) in [5.74, 6) is 5.06. The summed E-state index contributed by atoms with van der Waals surface area (Å²) >= 11 is 0. The van der Waals surface area contributed by atoms with E-state index < -0.39 is 0 Å². The summed E-state index contributed by atoms with van der Waals surface area (Å²) in [6.07, 6.45) is 0. The van der Waals surface area contributed by atoms with Crippen LogP contribution in [0.2, 0.25) is 0 Å². The van der Waals surface area contributed by atoms with E-state index >= 15 is 0 Å². The molecule has 0 spiro atoms. The molecular formula is C3H7N3O. The second kappa shape index (κ2) is 1.48. The normalized spacial score (nSPS) is 21.3. The fraction of sp³-hybridized carbons (Fsp3) is 0.667. The lowest BCUT2D eigenvalue weighted by molar-refractivity contribution is -0.126. The van der Waals surface area contributed by atoms with Crippen LogP contribution in [0.3, 0.4) is 0 Å². The van der Waals surface area contributed by atoms with Crippen molar-refractivity contribution < 1.29 is 4.79 Å². The van der Waals surface area contributed by atoms with Gasteiger partial charge in [-0.2, -0.15) is 0 Å². The Kier molecular flexibility index (Phi) is 0.958. The lowest BCUT2D eigenvalue weighted by Crippen LogP contribution is -2.33. The average molecular weight is 101 g/mol. The predicted molar refractivity (Wildman–Crippen MR) is 23.9 cm³/mol. The zero-order valence-corrected chi connectivity index (χ0v) is 3.85. The van der Waals surface area contributed by atoms with Gasteiger partial charge < -0.3 is 0 Å². The summed E-state index contributed by atoms with van der Waals surface area (Å²) in [6.45, 7) is 0.870. The predicted octanol–water partition coefficient (Wildman–Crippen LogP) is -1.75. The zero-order chi connectivity index (χ0) is 5.28. The smallest absolute Gasteiger partial charge is 0.251 e. The first kappa shape index (κ1) is 4.55. The standard InChI is InChI=1S/C3H7N3O/c4-6-2-5-1-3(6)7/h5H,1-2,4H2. The third-order valence-electron chi connectivity index (χ3n) is 0.879. The molecule has 1 heterocycles. The number of carbonyl (C=O) groups excluding carboxylic acids is 1. The number of hydrogen-bond donors (Lipinski definition) is 2. The van der Waals surface area contributed by atoms with Crippen LogP contribution in [0, 0.1) is 0 Å². The maximum atomic E-state index is 10.3. The van der Waals surface area contributed by atoms with Crippen LogP contribution in [0.4, 0.5) is 0 Å². The van der Waals surface area contributed by atoms with Crippen molar-refractivity contribution in [2.24, 2.45) is 5.84 Å². The molecule has 0 aromatic heterocycles. The summed E-state index contributed by atoms with van der Waals surface area (Å²) in [6, 6.07) is 0. The van der Waals surface area contributed by atoms with Gasteiger partial charge in [-0.15, -0.1) is 0 Å². The Morgan fingerprint density at radius 1 is 1.86 bits per heavy atom. The molecule has 0 aliphatic carbocycles. The molecule has 0 aromatic rings. The first-order valence-corrected chi connectivity index (χ1v) is 2.06. The van der Waals surface area contributed by atoms with E-state index in [9.17, 15) is 4.79 Å². The van der Waals surface area contributed by atoms with Gasteiger partial charge in [0, 0.05) is 0 Å². The Labute approximate surface area is 41.2 Å². The van der Waals surface area contributed by atoms with E-state index in [1.54, 1.807) is 0 Å². The molecule has 4 heteroatoms. The van der Waals surface area contributed by atoms with Crippen molar-refractivity contribution in [3.05, 3.63) is 0 Å². The van der Waals surface area contributed by atoms with E-state index in [4.69, 9.17) is 5.84 Å². The minimum absolute atomic E-state index is 0.0417. The van der Waals surface area contributed by atoms with E-state index in [2.05, 4.69) is 5.32 Å². The van der Waals surface area contributed by atoms with Gasteiger partial charge in [0.15, 0.2) is 0 Å². The molecule has 1 rings (SSSR count). The number of nitrogens with two attached hydrogens (primary N) is 1. The zero-order valence-electron chi connectivity index (χ0n) is 3.85. The largest absolute Gasteiger partial charge is 0.290 e. The minimum Gasteiger partial charge on any atom is -0.290 e. The molecule has 0 saturated carbocycles. The van der Waals surface area contributed by atoms with Crippen LogP contribution in [0.1, 0.15) is 0 Å². The highest BCUT2D eigenvalue weighted by Gasteiger charge is 2.14. The van der Waals surface area contributed by atoms with Gasteiger partial charge in [0.2, 0.25) is 0 Å². The third kappa shape index (κ3) is 0.703. The molecule has 0 unspecified atom stereocenters. The van der Waals surface area contributed by atoms with Gasteiger partial charge in [0.25, 0.3) is 5.91 Å². The number of hydrogen-bond acceptors (Lipinski definition) is 3. The Balaban J connectivity index is 2.48. The number of rotatable bonds is 0. The van der Waals surface area contributed by atoms with E-state index in [0.717, 1.165) is 5.01 Å². The van der Waals surface area contributed by atoms with Crippen molar-refractivity contribution in [2.75, 3.05) is 13.2 Å². The number of nitrogens with one attached hydrogen (secondary N) is 1. The maximum absolute atomic E-state index is 10.3. The molecule has 7 heavy (non-hydrogen) atoms. The molecule has 0 atom stereocenters. The van der Waals surface area contributed by atoms with Gasteiger partial charge in [0.1, 0.15) is 0 Å². The summed E-state index contributed by atoms with van der Waals surface area (Å²) in [5, 5.41) is 3.93. The molecular weight excluding hydrogens is 94.1 g/mol. The Bertz CT molecular complexity index is 92.2. The van der Waals surface area contributed by atoms with E-state index in [-0.39, 0.29) is 5.91 Å². The molecule has 3 N–H and O–H groups in total. The number of nitrogens with zero attached hydrogens (tertiary/aromatic N) is 1. The Morgan fingerprint density at radius 2 is 2.57 bits per heavy atom. The molecule has 0 bridgehead atoms. The van der Waals surface area contributed by atoms with Crippen molar-refractivity contribution in [3.63, 3.8) is 0 Å². The van der Waals surface area contributed by atoms with Crippen molar-refractivity contribution in [1.29, 1.82) is 0 Å². The monoisotopic (exact) mass is 101 g/mol. The van der Waals surface area contributed by atoms with E-state index in [1.807, 2.05) is 0 Å². The minimum atomic E-state index is -0.0417.